The molecule has 1 aromatic heterocycles. The van der Waals surface area contributed by atoms with Crippen LogP contribution in [0.4, 0.5) is 0 Å². The smallest absolute Gasteiger partial charge is 0.0726 e. The summed E-state index contributed by atoms with van der Waals surface area (Å²) in [5.41, 5.74) is 21.0. The fraction of sp³-hybridized carbons (Fsp3) is 0.0149. The summed E-state index contributed by atoms with van der Waals surface area (Å²) in [6.07, 6.45) is 0. The average Bonchev–Trinajstić information content (AvgIpc) is 4.01. The van der Waals surface area contributed by atoms with E-state index in [1.54, 1.807) is 0 Å². The van der Waals surface area contributed by atoms with Crippen molar-refractivity contribution in [3.8, 4) is 61.3 Å². The average molecular weight is 860 g/mol. The molecule has 1 spiro atoms. The number of aromatic nitrogens is 1. The molecule has 0 radical (unpaired) electrons. The number of rotatable bonds is 4. The summed E-state index contributed by atoms with van der Waals surface area (Å²) in [5, 5.41) is 10.1. The summed E-state index contributed by atoms with van der Waals surface area (Å²) in [6.45, 7) is 0. The molecule has 0 unspecified atom stereocenters. The van der Waals surface area contributed by atoms with Gasteiger partial charge in [-0.05, 0) is 165 Å². The van der Waals surface area contributed by atoms with Gasteiger partial charge in [0.1, 0.15) is 0 Å². The van der Waals surface area contributed by atoms with Crippen LogP contribution in [0.5, 0.6) is 0 Å². The highest BCUT2D eigenvalue weighted by atomic mass is 15.0. The molecule has 68 heavy (non-hydrogen) atoms. The first-order valence-electron chi connectivity index (χ1n) is 23.7. The summed E-state index contributed by atoms with van der Waals surface area (Å²) < 4.78 is 2.55. The second-order valence-corrected chi connectivity index (χ2v) is 18.7. The predicted molar refractivity (Wildman–Crippen MR) is 286 cm³/mol. The van der Waals surface area contributed by atoms with Crippen LogP contribution in [0.25, 0.3) is 115 Å². The van der Waals surface area contributed by atoms with Crippen LogP contribution in [0.2, 0.25) is 0 Å². The minimum Gasteiger partial charge on any atom is -0.309 e. The second-order valence-electron chi connectivity index (χ2n) is 18.7. The highest BCUT2D eigenvalue weighted by Crippen LogP contribution is 2.63. The fourth-order valence-electron chi connectivity index (χ4n) is 12.5. The molecule has 13 aromatic rings. The Labute approximate surface area is 394 Å². The van der Waals surface area contributed by atoms with Crippen molar-refractivity contribution in [2.75, 3.05) is 0 Å². The van der Waals surface area contributed by atoms with Gasteiger partial charge in [-0.25, -0.2) is 0 Å². The lowest BCUT2D eigenvalue weighted by molar-refractivity contribution is 0.794. The van der Waals surface area contributed by atoms with E-state index < -0.39 is 5.41 Å². The van der Waals surface area contributed by atoms with Crippen LogP contribution < -0.4 is 0 Å². The topological polar surface area (TPSA) is 4.93 Å². The predicted octanol–water partition coefficient (Wildman–Crippen LogP) is 17.6. The Morgan fingerprint density at radius 2 is 0.662 bits per heavy atom. The van der Waals surface area contributed by atoms with Crippen LogP contribution in [0.15, 0.2) is 249 Å². The molecule has 12 aromatic carbocycles. The Balaban J connectivity index is 1.05. The second kappa shape index (κ2) is 14.1. The van der Waals surface area contributed by atoms with Gasteiger partial charge in [-0.2, -0.15) is 0 Å². The van der Waals surface area contributed by atoms with Crippen molar-refractivity contribution in [2.24, 2.45) is 0 Å². The molecule has 0 aliphatic heterocycles. The van der Waals surface area contributed by atoms with E-state index in [0.717, 1.165) is 5.69 Å². The first kappa shape index (κ1) is 37.4. The van der Waals surface area contributed by atoms with Crippen molar-refractivity contribution in [2.45, 2.75) is 5.41 Å². The summed E-state index contributed by atoms with van der Waals surface area (Å²) >= 11 is 0. The van der Waals surface area contributed by atoms with Crippen molar-refractivity contribution < 1.29 is 0 Å². The minimum absolute atomic E-state index is 0.454. The molecule has 2 aliphatic carbocycles. The van der Waals surface area contributed by atoms with Gasteiger partial charge in [0.15, 0.2) is 0 Å². The lowest BCUT2D eigenvalue weighted by atomic mass is 9.70. The van der Waals surface area contributed by atoms with E-state index in [9.17, 15) is 0 Å². The molecule has 0 bridgehead atoms. The van der Waals surface area contributed by atoms with Crippen LogP contribution in [0.1, 0.15) is 22.3 Å². The lowest BCUT2D eigenvalue weighted by Gasteiger charge is -2.30. The molecule has 0 atom stereocenters. The molecule has 314 valence electrons. The Kier molecular flexibility index (Phi) is 7.77. The quantitative estimate of drug-likeness (QED) is 0.155. The van der Waals surface area contributed by atoms with Crippen LogP contribution in [0, 0.1) is 0 Å². The number of fused-ring (bicyclic) bond motifs is 19. The minimum atomic E-state index is -0.454. The highest BCUT2D eigenvalue weighted by Gasteiger charge is 2.51. The number of hydrogen-bond donors (Lipinski definition) is 0. The van der Waals surface area contributed by atoms with E-state index in [-0.39, 0.29) is 0 Å². The Hall–Kier alpha value is -8.78. The van der Waals surface area contributed by atoms with Gasteiger partial charge < -0.3 is 4.57 Å². The van der Waals surface area contributed by atoms with E-state index in [1.807, 2.05) is 0 Å². The molecule has 15 rings (SSSR count). The standard InChI is InChI=1S/C67H41N/c1-3-17-42(18-4-1)45-35-46(43-19-5-2-6-20-43)37-47(36-45)44-31-34-65-59(38-44)60-40-58-56-27-13-16-30-63(56)67(61-28-14-11-25-54(61)55-26-12-15-29-62(55)67)64(58)41-66(60)68(65)48-32-33-53-51-23-8-7-21-49(51)50-22-9-10-24-52(50)57(53)39-48/h1-41H. The van der Waals surface area contributed by atoms with Crippen LogP contribution in [0.3, 0.4) is 0 Å². The van der Waals surface area contributed by atoms with Gasteiger partial charge in [-0.3, -0.25) is 0 Å². The van der Waals surface area contributed by atoms with Crippen LogP contribution in [-0.4, -0.2) is 4.57 Å². The largest absolute Gasteiger partial charge is 0.309 e. The monoisotopic (exact) mass is 859 g/mol. The van der Waals surface area contributed by atoms with Gasteiger partial charge in [0.05, 0.1) is 16.4 Å². The van der Waals surface area contributed by atoms with Crippen molar-refractivity contribution in [3.05, 3.63) is 271 Å². The lowest BCUT2D eigenvalue weighted by Crippen LogP contribution is -2.25. The zero-order valence-corrected chi connectivity index (χ0v) is 37.1. The van der Waals surface area contributed by atoms with E-state index in [0.29, 0.717) is 0 Å². The maximum Gasteiger partial charge on any atom is 0.0726 e. The summed E-state index contributed by atoms with van der Waals surface area (Å²) in [4.78, 5) is 0. The molecular weight excluding hydrogens is 819 g/mol. The third-order valence-electron chi connectivity index (χ3n) is 15.3. The maximum atomic E-state index is 2.56. The van der Waals surface area contributed by atoms with Gasteiger partial charge in [0, 0.05) is 16.5 Å². The highest BCUT2D eigenvalue weighted by molar-refractivity contribution is 6.26. The van der Waals surface area contributed by atoms with Gasteiger partial charge >= 0.3 is 0 Å². The SMILES string of the molecule is c1ccc(-c2cc(-c3ccccc3)cc(-c3ccc4c(c3)c3cc5c(cc3n4-c3ccc4c6ccccc6c6ccccc6c4c3)C3(c4ccccc4-c4ccccc43)c3ccccc3-5)c2)cc1. The first-order valence-corrected chi connectivity index (χ1v) is 23.7. The Bertz CT molecular complexity index is 4110. The third-order valence-corrected chi connectivity index (χ3v) is 15.3. The summed E-state index contributed by atoms with van der Waals surface area (Å²) in [6, 6.07) is 93.3. The van der Waals surface area contributed by atoms with Crippen molar-refractivity contribution >= 4 is 54.1 Å². The zero-order chi connectivity index (χ0) is 44.5. The zero-order valence-electron chi connectivity index (χ0n) is 37.1. The van der Waals surface area contributed by atoms with Crippen LogP contribution in [-0.2, 0) is 5.41 Å². The third kappa shape index (κ3) is 5.11. The van der Waals surface area contributed by atoms with Crippen LogP contribution >= 0.6 is 0 Å². The first-order chi connectivity index (χ1) is 33.7. The molecule has 2 aliphatic rings. The van der Waals surface area contributed by atoms with Gasteiger partial charge in [0.25, 0.3) is 0 Å². The Morgan fingerprint density at radius 3 is 1.22 bits per heavy atom. The maximum absolute atomic E-state index is 2.56. The molecule has 0 amide bonds. The van der Waals surface area contributed by atoms with E-state index in [2.05, 4.69) is 253 Å². The molecular formula is C67H41N. The molecule has 0 saturated carbocycles. The molecule has 0 N–H and O–H groups in total. The van der Waals surface area contributed by atoms with Gasteiger partial charge in [-0.15, -0.1) is 0 Å². The van der Waals surface area contributed by atoms with Crippen molar-refractivity contribution in [3.63, 3.8) is 0 Å². The molecule has 0 fully saturated rings. The fourth-order valence-corrected chi connectivity index (χ4v) is 12.5. The number of benzene rings is 12. The van der Waals surface area contributed by atoms with E-state index in [1.165, 1.54) is 132 Å². The molecule has 1 heterocycles. The number of hydrogen-bond acceptors (Lipinski definition) is 0. The normalized spacial score (nSPS) is 13.1. The summed E-state index contributed by atoms with van der Waals surface area (Å²) in [7, 11) is 0. The van der Waals surface area contributed by atoms with E-state index in [4.69, 9.17) is 0 Å². The number of nitrogens with zero attached hydrogens (tertiary/aromatic N) is 1. The molecule has 1 heteroatoms. The van der Waals surface area contributed by atoms with Crippen molar-refractivity contribution in [1.29, 1.82) is 0 Å². The summed E-state index contributed by atoms with van der Waals surface area (Å²) in [5.74, 6) is 0. The van der Waals surface area contributed by atoms with Crippen molar-refractivity contribution in [1.82, 2.24) is 4.57 Å². The molecule has 1 nitrogen and oxygen atoms in total. The van der Waals surface area contributed by atoms with Gasteiger partial charge in [-0.1, -0.05) is 194 Å². The Morgan fingerprint density at radius 1 is 0.221 bits per heavy atom. The van der Waals surface area contributed by atoms with E-state index >= 15 is 0 Å². The van der Waals surface area contributed by atoms with Gasteiger partial charge in [0.2, 0.25) is 0 Å². The molecule has 0 saturated heterocycles.